The first-order valence-electron chi connectivity index (χ1n) is 19.0. The second-order valence-corrected chi connectivity index (χ2v) is 14.3. The summed E-state index contributed by atoms with van der Waals surface area (Å²) < 4.78 is 0. The van der Waals surface area contributed by atoms with Gasteiger partial charge in [-0.2, -0.15) is 0 Å². The third kappa shape index (κ3) is 5.32. The Morgan fingerprint density at radius 1 is 0.250 bits per heavy atom. The van der Waals surface area contributed by atoms with E-state index in [2.05, 4.69) is 140 Å². The summed E-state index contributed by atoms with van der Waals surface area (Å²) in [7, 11) is 0. The molecule has 1 aliphatic rings. The molecule has 0 N–H and O–H groups in total. The zero-order valence-corrected chi connectivity index (χ0v) is 30.4. The van der Waals surface area contributed by atoms with Gasteiger partial charge in [0.1, 0.15) is 0 Å². The van der Waals surface area contributed by atoms with E-state index in [4.69, 9.17) is 15.0 Å². The fraction of sp³-hybridized carbons (Fsp3) is 0. The van der Waals surface area contributed by atoms with Crippen molar-refractivity contribution in [3.05, 3.63) is 200 Å². The van der Waals surface area contributed by atoms with Gasteiger partial charge in [0.05, 0.1) is 0 Å². The van der Waals surface area contributed by atoms with Gasteiger partial charge >= 0.3 is 0 Å². The average molecular weight is 712 g/mol. The van der Waals surface area contributed by atoms with Crippen LogP contribution in [0, 0.1) is 0 Å². The molecular weight excluding hydrogens is 679 g/mol. The van der Waals surface area contributed by atoms with E-state index in [0.717, 1.165) is 22.3 Å². The van der Waals surface area contributed by atoms with Gasteiger partial charge < -0.3 is 0 Å². The van der Waals surface area contributed by atoms with Crippen LogP contribution in [0.2, 0.25) is 0 Å². The van der Waals surface area contributed by atoms with Gasteiger partial charge in [0.25, 0.3) is 0 Å². The van der Waals surface area contributed by atoms with Gasteiger partial charge in [-0.05, 0) is 83.2 Å². The number of benzene rings is 9. The molecule has 1 aromatic heterocycles. The van der Waals surface area contributed by atoms with Crippen molar-refractivity contribution in [1.29, 1.82) is 0 Å². The summed E-state index contributed by atoms with van der Waals surface area (Å²) in [6.45, 7) is 0. The lowest BCUT2D eigenvalue weighted by Crippen LogP contribution is -2.00. The van der Waals surface area contributed by atoms with E-state index in [1.165, 1.54) is 71.6 Å². The smallest absolute Gasteiger partial charge is 0.164 e. The highest BCUT2D eigenvalue weighted by Gasteiger charge is 2.23. The largest absolute Gasteiger partial charge is 0.208 e. The third-order valence-corrected chi connectivity index (χ3v) is 11.1. The first-order valence-corrected chi connectivity index (χ1v) is 19.0. The van der Waals surface area contributed by atoms with Crippen molar-refractivity contribution in [3.8, 4) is 89.8 Å². The Labute approximate surface area is 325 Å². The van der Waals surface area contributed by atoms with Crippen LogP contribution in [0.4, 0.5) is 0 Å². The van der Waals surface area contributed by atoms with Gasteiger partial charge in [-0.15, -0.1) is 0 Å². The molecule has 56 heavy (non-hydrogen) atoms. The number of nitrogens with zero attached hydrogens (tertiary/aromatic N) is 3. The highest BCUT2D eigenvalue weighted by molar-refractivity contribution is 6.18. The van der Waals surface area contributed by atoms with Crippen LogP contribution < -0.4 is 0 Å². The average Bonchev–Trinajstić information content (AvgIpc) is 3.61. The maximum absolute atomic E-state index is 4.97. The zero-order chi connectivity index (χ0) is 37.0. The minimum atomic E-state index is 0.643. The van der Waals surface area contributed by atoms with Crippen LogP contribution in [0.1, 0.15) is 0 Å². The fourth-order valence-corrected chi connectivity index (χ4v) is 8.46. The van der Waals surface area contributed by atoms with Crippen molar-refractivity contribution in [1.82, 2.24) is 15.0 Å². The van der Waals surface area contributed by atoms with Crippen molar-refractivity contribution < 1.29 is 0 Å². The fourth-order valence-electron chi connectivity index (χ4n) is 8.46. The molecule has 0 radical (unpaired) electrons. The molecule has 0 aliphatic heterocycles. The number of hydrogen-bond donors (Lipinski definition) is 0. The molecule has 0 unspecified atom stereocenters. The van der Waals surface area contributed by atoms with E-state index in [0.29, 0.717) is 17.5 Å². The molecule has 11 rings (SSSR count). The molecule has 10 aromatic rings. The minimum absolute atomic E-state index is 0.643. The van der Waals surface area contributed by atoms with Crippen LogP contribution >= 0.6 is 0 Å². The van der Waals surface area contributed by atoms with Crippen LogP contribution in [0.3, 0.4) is 0 Å². The summed E-state index contributed by atoms with van der Waals surface area (Å²) in [6, 6.07) is 71.2. The Kier molecular flexibility index (Phi) is 7.49. The van der Waals surface area contributed by atoms with Crippen LogP contribution in [-0.4, -0.2) is 15.0 Å². The molecular formula is C53H33N3. The summed E-state index contributed by atoms with van der Waals surface area (Å²) in [5.41, 5.74) is 15.3. The Balaban J connectivity index is 1.03. The lowest BCUT2D eigenvalue weighted by molar-refractivity contribution is 1.07. The number of hydrogen-bond acceptors (Lipinski definition) is 3. The number of aromatic nitrogens is 3. The van der Waals surface area contributed by atoms with E-state index in [1.807, 2.05) is 60.7 Å². The first kappa shape index (κ1) is 32.0. The van der Waals surface area contributed by atoms with Crippen LogP contribution in [-0.2, 0) is 0 Å². The molecule has 0 atom stereocenters. The van der Waals surface area contributed by atoms with E-state index >= 15 is 0 Å². The van der Waals surface area contributed by atoms with E-state index in [-0.39, 0.29) is 0 Å². The third-order valence-electron chi connectivity index (χ3n) is 11.1. The SMILES string of the molecule is c1ccc(-c2nc(-c3ccccc3)nc(-c3ccc(-c4ccc5ccccc5c4-c4cccc(-c5ccc6c7c(cccc57)-c5ccccc5-6)c4)cc3)n2)cc1. The van der Waals surface area contributed by atoms with Gasteiger partial charge in [0, 0.05) is 16.7 Å². The number of fused-ring (bicyclic) bond motifs is 4. The summed E-state index contributed by atoms with van der Waals surface area (Å²) in [5, 5.41) is 5.06. The second-order valence-electron chi connectivity index (χ2n) is 14.3. The van der Waals surface area contributed by atoms with E-state index < -0.39 is 0 Å². The highest BCUT2D eigenvalue weighted by Crippen LogP contribution is 2.49. The number of rotatable bonds is 6. The Morgan fingerprint density at radius 2 is 0.714 bits per heavy atom. The lowest BCUT2D eigenvalue weighted by Gasteiger charge is -2.16. The van der Waals surface area contributed by atoms with Crippen molar-refractivity contribution in [2.75, 3.05) is 0 Å². The standard InChI is InChI=1S/C53H33N3/c1-3-14-36(15-4-1)51-54-52(37-16-5-2-6-17-37)56-53(55-51)38-27-25-35(26-28-38)43-30-29-34-13-7-8-20-42(34)49(43)40-19-11-18-39(33-40)41-31-32-48-45-22-10-9-21-44(45)47-24-12-23-46(41)50(47)48/h1-33H. The summed E-state index contributed by atoms with van der Waals surface area (Å²) in [6.07, 6.45) is 0. The molecule has 0 bridgehead atoms. The maximum atomic E-state index is 4.97. The zero-order valence-electron chi connectivity index (χ0n) is 30.4. The van der Waals surface area contributed by atoms with E-state index in [1.54, 1.807) is 0 Å². The van der Waals surface area contributed by atoms with Gasteiger partial charge in [-0.1, -0.05) is 194 Å². The predicted octanol–water partition coefficient (Wildman–Crippen LogP) is 13.8. The van der Waals surface area contributed by atoms with Gasteiger partial charge in [-0.3, -0.25) is 0 Å². The van der Waals surface area contributed by atoms with Crippen LogP contribution in [0.5, 0.6) is 0 Å². The quantitative estimate of drug-likeness (QED) is 0.172. The molecule has 3 heteroatoms. The molecule has 0 amide bonds. The monoisotopic (exact) mass is 711 g/mol. The molecule has 0 saturated heterocycles. The summed E-state index contributed by atoms with van der Waals surface area (Å²) in [5.74, 6) is 1.95. The Bertz CT molecular complexity index is 3030. The Morgan fingerprint density at radius 3 is 1.41 bits per heavy atom. The molecule has 1 heterocycles. The maximum Gasteiger partial charge on any atom is 0.164 e. The Hall–Kier alpha value is -7.49. The van der Waals surface area contributed by atoms with Crippen molar-refractivity contribution in [2.24, 2.45) is 0 Å². The van der Waals surface area contributed by atoms with Crippen molar-refractivity contribution in [2.45, 2.75) is 0 Å². The molecule has 0 fully saturated rings. The normalized spacial score (nSPS) is 11.6. The van der Waals surface area contributed by atoms with Crippen molar-refractivity contribution >= 4 is 21.5 Å². The minimum Gasteiger partial charge on any atom is -0.208 e. The van der Waals surface area contributed by atoms with E-state index in [9.17, 15) is 0 Å². The molecule has 1 aliphatic carbocycles. The van der Waals surface area contributed by atoms with Gasteiger partial charge in [0.2, 0.25) is 0 Å². The highest BCUT2D eigenvalue weighted by atomic mass is 15.0. The molecule has 260 valence electrons. The first-order chi connectivity index (χ1) is 27.8. The molecule has 0 saturated carbocycles. The molecule has 9 aromatic carbocycles. The van der Waals surface area contributed by atoms with Gasteiger partial charge in [0.15, 0.2) is 17.5 Å². The summed E-state index contributed by atoms with van der Waals surface area (Å²) in [4.78, 5) is 14.8. The second kappa shape index (κ2) is 13.1. The molecule has 0 spiro atoms. The van der Waals surface area contributed by atoms with Crippen LogP contribution in [0.15, 0.2) is 200 Å². The lowest BCUT2D eigenvalue weighted by atomic mass is 9.87. The molecule has 3 nitrogen and oxygen atoms in total. The topological polar surface area (TPSA) is 38.7 Å². The van der Waals surface area contributed by atoms with Gasteiger partial charge in [-0.25, -0.2) is 15.0 Å². The van der Waals surface area contributed by atoms with Crippen molar-refractivity contribution in [3.63, 3.8) is 0 Å². The predicted molar refractivity (Wildman–Crippen MR) is 232 cm³/mol. The summed E-state index contributed by atoms with van der Waals surface area (Å²) >= 11 is 0. The van der Waals surface area contributed by atoms with Crippen LogP contribution in [0.25, 0.3) is 111 Å².